The first kappa shape index (κ1) is 11.1. The minimum absolute atomic E-state index is 0.0912. The lowest BCUT2D eigenvalue weighted by Gasteiger charge is -2.14. The van der Waals surface area contributed by atoms with E-state index in [2.05, 4.69) is 5.32 Å². The molecule has 1 amide bonds. The standard InChI is InChI=1S/C13H16FNO/c1-8-3-4-11(7-12(8)14)9(2)15-13(16)10-5-6-10/h3-4,7,9-10H,5-6H2,1-2H3,(H,15,16). The predicted molar refractivity (Wildman–Crippen MR) is 60.4 cm³/mol. The minimum Gasteiger partial charge on any atom is -0.349 e. The van der Waals surface area contributed by atoms with Crippen molar-refractivity contribution in [3.05, 3.63) is 35.1 Å². The molecule has 1 aliphatic carbocycles. The summed E-state index contributed by atoms with van der Waals surface area (Å²) in [4.78, 5) is 11.5. The Morgan fingerprint density at radius 3 is 2.75 bits per heavy atom. The second-order valence-corrected chi connectivity index (χ2v) is 4.51. The molecule has 86 valence electrons. The first-order valence-electron chi connectivity index (χ1n) is 5.64. The van der Waals surface area contributed by atoms with Gasteiger partial charge in [-0.1, -0.05) is 12.1 Å². The van der Waals surface area contributed by atoms with Crippen LogP contribution in [0.4, 0.5) is 4.39 Å². The van der Waals surface area contributed by atoms with E-state index in [4.69, 9.17) is 0 Å². The summed E-state index contributed by atoms with van der Waals surface area (Å²) >= 11 is 0. The largest absolute Gasteiger partial charge is 0.349 e. The molecule has 0 bridgehead atoms. The molecule has 1 fully saturated rings. The zero-order valence-electron chi connectivity index (χ0n) is 9.59. The van der Waals surface area contributed by atoms with Crippen molar-refractivity contribution in [3.63, 3.8) is 0 Å². The maximum Gasteiger partial charge on any atom is 0.223 e. The normalized spacial score (nSPS) is 16.9. The van der Waals surface area contributed by atoms with Crippen molar-refractivity contribution in [2.24, 2.45) is 5.92 Å². The van der Waals surface area contributed by atoms with Crippen LogP contribution in [0.25, 0.3) is 0 Å². The van der Waals surface area contributed by atoms with Crippen molar-refractivity contribution in [3.8, 4) is 0 Å². The van der Waals surface area contributed by atoms with Gasteiger partial charge in [-0.15, -0.1) is 0 Å². The van der Waals surface area contributed by atoms with Crippen molar-refractivity contribution in [1.29, 1.82) is 0 Å². The number of amides is 1. The second kappa shape index (κ2) is 4.24. The molecule has 1 aromatic rings. The van der Waals surface area contributed by atoms with E-state index in [1.807, 2.05) is 13.0 Å². The Morgan fingerprint density at radius 2 is 2.19 bits per heavy atom. The van der Waals surface area contributed by atoms with Gasteiger partial charge in [-0.2, -0.15) is 0 Å². The maximum absolute atomic E-state index is 13.3. The molecule has 2 rings (SSSR count). The number of carbonyl (C=O) groups is 1. The molecule has 1 atom stereocenters. The SMILES string of the molecule is Cc1ccc(C(C)NC(=O)C2CC2)cc1F. The highest BCUT2D eigenvalue weighted by atomic mass is 19.1. The molecule has 3 heteroatoms. The number of halogens is 1. The van der Waals surface area contributed by atoms with Crippen LogP contribution < -0.4 is 5.32 Å². The topological polar surface area (TPSA) is 29.1 Å². The summed E-state index contributed by atoms with van der Waals surface area (Å²) < 4.78 is 13.3. The molecule has 2 nitrogen and oxygen atoms in total. The second-order valence-electron chi connectivity index (χ2n) is 4.51. The summed E-state index contributed by atoms with van der Waals surface area (Å²) in [6.07, 6.45) is 1.97. The van der Waals surface area contributed by atoms with E-state index >= 15 is 0 Å². The Balaban J connectivity index is 2.04. The van der Waals surface area contributed by atoms with Gasteiger partial charge in [0.25, 0.3) is 0 Å². The van der Waals surface area contributed by atoms with Crippen LogP contribution in [0.1, 0.15) is 36.9 Å². The van der Waals surface area contributed by atoms with E-state index in [9.17, 15) is 9.18 Å². The Bertz CT molecular complexity index is 412. The van der Waals surface area contributed by atoms with Crippen LogP contribution in [0.15, 0.2) is 18.2 Å². The number of hydrogen-bond donors (Lipinski definition) is 1. The van der Waals surface area contributed by atoms with Crippen molar-refractivity contribution in [1.82, 2.24) is 5.32 Å². The van der Waals surface area contributed by atoms with Crippen molar-refractivity contribution >= 4 is 5.91 Å². The van der Waals surface area contributed by atoms with Gasteiger partial charge in [-0.05, 0) is 43.9 Å². The van der Waals surface area contributed by atoms with E-state index in [1.54, 1.807) is 13.0 Å². The number of nitrogens with one attached hydrogen (secondary N) is 1. The van der Waals surface area contributed by atoms with E-state index in [0.717, 1.165) is 18.4 Å². The lowest BCUT2D eigenvalue weighted by atomic mass is 10.1. The molecular formula is C13H16FNO. The molecule has 1 N–H and O–H groups in total. The molecule has 1 aromatic carbocycles. The lowest BCUT2D eigenvalue weighted by Crippen LogP contribution is -2.27. The number of hydrogen-bond acceptors (Lipinski definition) is 1. The minimum atomic E-state index is -0.218. The molecule has 0 aliphatic heterocycles. The van der Waals surface area contributed by atoms with E-state index < -0.39 is 0 Å². The Kier molecular flexibility index (Phi) is 2.95. The van der Waals surface area contributed by atoms with Crippen LogP contribution in [0.2, 0.25) is 0 Å². The highest BCUT2D eigenvalue weighted by Gasteiger charge is 2.30. The lowest BCUT2D eigenvalue weighted by molar-refractivity contribution is -0.122. The number of benzene rings is 1. The van der Waals surface area contributed by atoms with Crippen LogP contribution in [0.3, 0.4) is 0 Å². The summed E-state index contributed by atoms with van der Waals surface area (Å²) in [5.74, 6) is 0.0660. The quantitative estimate of drug-likeness (QED) is 0.835. The Hall–Kier alpha value is -1.38. The average Bonchev–Trinajstić information content (AvgIpc) is 3.05. The van der Waals surface area contributed by atoms with Crippen LogP contribution in [-0.2, 0) is 4.79 Å². The van der Waals surface area contributed by atoms with E-state index in [1.165, 1.54) is 6.07 Å². The van der Waals surface area contributed by atoms with Crippen LogP contribution in [0.5, 0.6) is 0 Å². The van der Waals surface area contributed by atoms with Gasteiger partial charge < -0.3 is 5.32 Å². The van der Waals surface area contributed by atoms with Crippen LogP contribution in [-0.4, -0.2) is 5.91 Å². The van der Waals surface area contributed by atoms with Gasteiger partial charge in [0.1, 0.15) is 5.82 Å². The average molecular weight is 221 g/mol. The van der Waals surface area contributed by atoms with Crippen LogP contribution in [0, 0.1) is 18.7 Å². The molecule has 0 saturated heterocycles. The Morgan fingerprint density at radius 1 is 1.50 bits per heavy atom. The van der Waals surface area contributed by atoms with Crippen molar-refractivity contribution < 1.29 is 9.18 Å². The van der Waals surface area contributed by atoms with E-state index in [0.29, 0.717) is 5.56 Å². The summed E-state index contributed by atoms with van der Waals surface area (Å²) in [7, 11) is 0. The monoisotopic (exact) mass is 221 g/mol. The number of aryl methyl sites for hydroxylation is 1. The van der Waals surface area contributed by atoms with Gasteiger partial charge in [0.15, 0.2) is 0 Å². The number of carbonyl (C=O) groups excluding carboxylic acids is 1. The van der Waals surface area contributed by atoms with Gasteiger partial charge in [0, 0.05) is 5.92 Å². The third-order valence-electron chi connectivity index (χ3n) is 3.00. The fraction of sp³-hybridized carbons (Fsp3) is 0.462. The third-order valence-corrected chi connectivity index (χ3v) is 3.00. The molecule has 1 unspecified atom stereocenters. The molecule has 0 spiro atoms. The first-order chi connectivity index (χ1) is 7.58. The maximum atomic E-state index is 13.3. The molecular weight excluding hydrogens is 205 g/mol. The molecule has 0 aromatic heterocycles. The van der Waals surface area contributed by atoms with Gasteiger partial charge in [0.2, 0.25) is 5.91 Å². The zero-order valence-corrected chi connectivity index (χ0v) is 9.59. The molecule has 1 saturated carbocycles. The van der Waals surface area contributed by atoms with Gasteiger partial charge >= 0.3 is 0 Å². The fourth-order valence-electron chi connectivity index (χ4n) is 1.64. The molecule has 16 heavy (non-hydrogen) atoms. The number of rotatable bonds is 3. The van der Waals surface area contributed by atoms with Gasteiger partial charge in [0.05, 0.1) is 6.04 Å². The molecule has 1 aliphatic rings. The summed E-state index contributed by atoms with van der Waals surface area (Å²) in [5, 5.41) is 2.90. The Labute approximate surface area is 94.9 Å². The van der Waals surface area contributed by atoms with Crippen molar-refractivity contribution in [2.75, 3.05) is 0 Å². The smallest absolute Gasteiger partial charge is 0.223 e. The third kappa shape index (κ3) is 2.40. The van der Waals surface area contributed by atoms with E-state index in [-0.39, 0.29) is 23.7 Å². The summed E-state index contributed by atoms with van der Waals surface area (Å²) in [6.45, 7) is 3.61. The van der Waals surface area contributed by atoms with Crippen LogP contribution >= 0.6 is 0 Å². The van der Waals surface area contributed by atoms with Crippen molar-refractivity contribution in [2.45, 2.75) is 32.7 Å². The summed E-state index contributed by atoms with van der Waals surface area (Å²) in [6, 6.07) is 4.97. The highest BCUT2D eigenvalue weighted by molar-refractivity contribution is 5.81. The van der Waals surface area contributed by atoms with Gasteiger partial charge in [-0.3, -0.25) is 4.79 Å². The first-order valence-corrected chi connectivity index (χ1v) is 5.64. The summed E-state index contributed by atoms with van der Waals surface area (Å²) in [5.41, 5.74) is 1.45. The molecule has 0 heterocycles. The molecule has 0 radical (unpaired) electrons. The zero-order chi connectivity index (χ0) is 11.7. The highest BCUT2D eigenvalue weighted by Crippen LogP contribution is 2.29. The predicted octanol–water partition coefficient (Wildman–Crippen LogP) is 2.72. The fourth-order valence-corrected chi connectivity index (χ4v) is 1.64. The van der Waals surface area contributed by atoms with Gasteiger partial charge in [-0.25, -0.2) is 4.39 Å².